The van der Waals surface area contributed by atoms with Gasteiger partial charge in [-0.25, -0.2) is 8.42 Å². The number of hydrogen-bond donors (Lipinski definition) is 1. The van der Waals surface area contributed by atoms with Gasteiger partial charge in [0.05, 0.1) is 23.7 Å². The molecule has 0 saturated carbocycles. The van der Waals surface area contributed by atoms with Crippen molar-refractivity contribution in [3.63, 3.8) is 0 Å². The van der Waals surface area contributed by atoms with Gasteiger partial charge in [0.2, 0.25) is 0 Å². The third-order valence-electron chi connectivity index (χ3n) is 3.25. The third kappa shape index (κ3) is 4.50. The first-order valence-corrected chi connectivity index (χ1v) is 8.28. The van der Waals surface area contributed by atoms with E-state index in [-0.39, 0.29) is 23.1 Å². The lowest BCUT2D eigenvalue weighted by Crippen LogP contribution is -2.43. The van der Waals surface area contributed by atoms with Crippen molar-refractivity contribution in [2.45, 2.75) is 44.1 Å². The van der Waals surface area contributed by atoms with Crippen LogP contribution in [0.5, 0.6) is 0 Å². The molecule has 0 aromatic heterocycles. The zero-order valence-corrected chi connectivity index (χ0v) is 12.3. The van der Waals surface area contributed by atoms with Gasteiger partial charge in [-0.1, -0.05) is 6.92 Å². The summed E-state index contributed by atoms with van der Waals surface area (Å²) in [6, 6.07) is -0.132. The quantitative estimate of drug-likeness (QED) is 0.704. The van der Waals surface area contributed by atoms with Gasteiger partial charge >= 0.3 is 0 Å². The molecule has 6 heteroatoms. The summed E-state index contributed by atoms with van der Waals surface area (Å²) in [5.41, 5.74) is 0. The fourth-order valence-corrected chi connectivity index (χ4v) is 4.44. The SMILES string of the molecule is CCCNC(COC)CS(=O)(=O)C1CCOC1C. The zero-order valence-electron chi connectivity index (χ0n) is 11.5. The first kappa shape index (κ1) is 15.9. The highest BCUT2D eigenvalue weighted by molar-refractivity contribution is 7.92. The molecule has 1 heterocycles. The number of sulfone groups is 1. The molecule has 1 rings (SSSR count). The fourth-order valence-electron chi connectivity index (χ4n) is 2.30. The van der Waals surface area contributed by atoms with Gasteiger partial charge in [-0.15, -0.1) is 0 Å². The standard InChI is InChI=1S/C12H25NO4S/c1-4-6-13-11(8-16-3)9-18(14,15)12-5-7-17-10(12)2/h10-13H,4-9H2,1-3H3. The highest BCUT2D eigenvalue weighted by Crippen LogP contribution is 2.22. The summed E-state index contributed by atoms with van der Waals surface area (Å²) in [6.07, 6.45) is 1.39. The molecule has 0 aromatic rings. The monoisotopic (exact) mass is 279 g/mol. The normalized spacial score (nSPS) is 26.4. The van der Waals surface area contributed by atoms with Crippen LogP contribution in [0.1, 0.15) is 26.7 Å². The van der Waals surface area contributed by atoms with E-state index >= 15 is 0 Å². The van der Waals surface area contributed by atoms with Gasteiger partial charge in [0.15, 0.2) is 9.84 Å². The van der Waals surface area contributed by atoms with Gasteiger partial charge in [0.25, 0.3) is 0 Å². The molecule has 0 aliphatic carbocycles. The first-order valence-electron chi connectivity index (χ1n) is 6.56. The molecule has 3 atom stereocenters. The van der Waals surface area contributed by atoms with Crippen LogP contribution in [0.25, 0.3) is 0 Å². The molecular formula is C12H25NO4S. The molecule has 0 radical (unpaired) electrons. The van der Waals surface area contributed by atoms with Crippen LogP contribution in [-0.2, 0) is 19.3 Å². The summed E-state index contributed by atoms with van der Waals surface area (Å²) in [6.45, 7) is 5.65. The summed E-state index contributed by atoms with van der Waals surface area (Å²) < 4.78 is 35.1. The van der Waals surface area contributed by atoms with E-state index in [9.17, 15) is 8.42 Å². The predicted molar refractivity (Wildman–Crippen MR) is 71.6 cm³/mol. The summed E-state index contributed by atoms with van der Waals surface area (Å²) in [4.78, 5) is 0. The highest BCUT2D eigenvalue weighted by Gasteiger charge is 2.36. The van der Waals surface area contributed by atoms with E-state index in [0.717, 1.165) is 13.0 Å². The molecule has 1 aliphatic heterocycles. The van der Waals surface area contributed by atoms with Crippen LogP contribution in [0.4, 0.5) is 0 Å². The smallest absolute Gasteiger partial charge is 0.157 e. The average molecular weight is 279 g/mol. The average Bonchev–Trinajstić information content (AvgIpc) is 2.73. The van der Waals surface area contributed by atoms with Crippen LogP contribution in [0, 0.1) is 0 Å². The van der Waals surface area contributed by atoms with E-state index in [2.05, 4.69) is 12.2 Å². The minimum atomic E-state index is -3.13. The van der Waals surface area contributed by atoms with E-state index in [1.54, 1.807) is 7.11 Å². The lowest BCUT2D eigenvalue weighted by molar-refractivity contribution is 0.126. The van der Waals surface area contributed by atoms with Crippen LogP contribution >= 0.6 is 0 Å². The molecule has 5 nitrogen and oxygen atoms in total. The summed E-state index contributed by atoms with van der Waals surface area (Å²) >= 11 is 0. The minimum absolute atomic E-state index is 0.124. The zero-order chi connectivity index (χ0) is 13.6. The maximum atomic E-state index is 12.3. The minimum Gasteiger partial charge on any atom is -0.383 e. The second kappa shape index (κ2) is 7.43. The second-order valence-electron chi connectivity index (χ2n) is 4.84. The molecule has 108 valence electrons. The number of methoxy groups -OCH3 is 1. The Morgan fingerprint density at radius 3 is 2.72 bits per heavy atom. The Kier molecular flexibility index (Phi) is 6.55. The summed E-state index contributed by atoms with van der Waals surface area (Å²) in [5, 5.41) is 2.86. The summed E-state index contributed by atoms with van der Waals surface area (Å²) in [5.74, 6) is 0.124. The molecule has 0 spiro atoms. The largest absolute Gasteiger partial charge is 0.383 e. The first-order chi connectivity index (χ1) is 8.51. The maximum Gasteiger partial charge on any atom is 0.157 e. The van der Waals surface area contributed by atoms with E-state index in [1.165, 1.54) is 0 Å². The molecule has 0 aromatic carbocycles. The Balaban J connectivity index is 2.60. The lowest BCUT2D eigenvalue weighted by Gasteiger charge is -2.21. The van der Waals surface area contributed by atoms with Gasteiger partial charge < -0.3 is 14.8 Å². The van der Waals surface area contributed by atoms with Gasteiger partial charge in [0.1, 0.15) is 0 Å². The Hall–Kier alpha value is -0.170. The number of ether oxygens (including phenoxy) is 2. The van der Waals surface area contributed by atoms with Crippen LogP contribution in [0.2, 0.25) is 0 Å². The molecular weight excluding hydrogens is 254 g/mol. The Morgan fingerprint density at radius 2 is 2.22 bits per heavy atom. The topological polar surface area (TPSA) is 64.6 Å². The fraction of sp³-hybridized carbons (Fsp3) is 1.00. The van der Waals surface area contributed by atoms with Crippen molar-refractivity contribution < 1.29 is 17.9 Å². The van der Waals surface area contributed by atoms with Crippen molar-refractivity contribution in [3.8, 4) is 0 Å². The van der Waals surface area contributed by atoms with Crippen molar-refractivity contribution in [2.75, 3.05) is 32.6 Å². The molecule has 1 saturated heterocycles. The van der Waals surface area contributed by atoms with E-state index in [0.29, 0.717) is 19.6 Å². The van der Waals surface area contributed by atoms with Crippen LogP contribution in [0.15, 0.2) is 0 Å². The molecule has 1 fully saturated rings. The van der Waals surface area contributed by atoms with Crippen molar-refractivity contribution in [3.05, 3.63) is 0 Å². The number of nitrogens with one attached hydrogen (secondary N) is 1. The summed E-state index contributed by atoms with van der Waals surface area (Å²) in [7, 11) is -1.54. The molecule has 1 aliphatic rings. The van der Waals surface area contributed by atoms with Crippen molar-refractivity contribution in [2.24, 2.45) is 0 Å². The second-order valence-corrected chi connectivity index (χ2v) is 7.10. The lowest BCUT2D eigenvalue weighted by atomic mass is 10.3. The van der Waals surface area contributed by atoms with Gasteiger partial charge in [-0.05, 0) is 26.3 Å². The Bertz CT molecular complexity index is 331. The Labute approximate surface area is 110 Å². The maximum absolute atomic E-state index is 12.3. The van der Waals surface area contributed by atoms with Crippen LogP contribution in [0.3, 0.4) is 0 Å². The van der Waals surface area contributed by atoms with E-state index < -0.39 is 9.84 Å². The molecule has 3 unspecified atom stereocenters. The molecule has 0 amide bonds. The van der Waals surface area contributed by atoms with Crippen LogP contribution in [-0.4, -0.2) is 58.4 Å². The number of rotatable bonds is 8. The highest BCUT2D eigenvalue weighted by atomic mass is 32.2. The molecule has 18 heavy (non-hydrogen) atoms. The van der Waals surface area contributed by atoms with E-state index in [4.69, 9.17) is 9.47 Å². The number of hydrogen-bond acceptors (Lipinski definition) is 5. The molecule has 1 N–H and O–H groups in total. The van der Waals surface area contributed by atoms with Crippen molar-refractivity contribution >= 4 is 9.84 Å². The predicted octanol–water partition coefficient (Wildman–Crippen LogP) is 0.593. The van der Waals surface area contributed by atoms with Gasteiger partial charge in [-0.2, -0.15) is 0 Å². The van der Waals surface area contributed by atoms with Crippen molar-refractivity contribution in [1.82, 2.24) is 5.32 Å². The third-order valence-corrected chi connectivity index (χ3v) is 5.66. The Morgan fingerprint density at radius 1 is 1.50 bits per heavy atom. The molecule has 0 bridgehead atoms. The van der Waals surface area contributed by atoms with Gasteiger partial charge in [0, 0.05) is 19.8 Å². The van der Waals surface area contributed by atoms with E-state index in [1.807, 2.05) is 6.92 Å². The van der Waals surface area contributed by atoms with Gasteiger partial charge in [-0.3, -0.25) is 0 Å². The van der Waals surface area contributed by atoms with Crippen LogP contribution < -0.4 is 5.32 Å². The van der Waals surface area contributed by atoms with Crippen molar-refractivity contribution in [1.29, 1.82) is 0 Å².